The number of rotatable bonds is 4. The van der Waals surface area contributed by atoms with E-state index < -0.39 is 0 Å². The second-order valence-electron chi connectivity index (χ2n) is 4.53. The number of hydrogen-bond donors (Lipinski definition) is 0. The lowest BCUT2D eigenvalue weighted by atomic mass is 10.0. The lowest BCUT2D eigenvalue weighted by Gasteiger charge is -2.14. The molecule has 0 unspecified atom stereocenters. The second-order valence-corrected chi connectivity index (χ2v) is 4.53. The van der Waals surface area contributed by atoms with Crippen LogP contribution in [0.1, 0.15) is 5.56 Å². The highest BCUT2D eigenvalue weighted by Crippen LogP contribution is 2.37. The number of methoxy groups -OCH3 is 3. The van der Waals surface area contributed by atoms with Crippen LogP contribution in [0.15, 0.2) is 41.2 Å². The summed E-state index contributed by atoms with van der Waals surface area (Å²) in [7, 11) is 4.72. The van der Waals surface area contributed by atoms with Crippen molar-refractivity contribution in [2.24, 2.45) is 0 Å². The molecule has 0 saturated heterocycles. The van der Waals surface area contributed by atoms with Crippen LogP contribution in [-0.2, 0) is 0 Å². The lowest BCUT2D eigenvalue weighted by Crippen LogP contribution is -1.98. The highest BCUT2D eigenvalue weighted by atomic mass is 16.5. The van der Waals surface area contributed by atoms with Crippen LogP contribution >= 0.6 is 0 Å². The Kier molecular flexibility index (Phi) is 4.48. The molecule has 0 atom stereocenters. The van der Waals surface area contributed by atoms with Gasteiger partial charge in [0.15, 0.2) is 5.75 Å². The summed E-state index contributed by atoms with van der Waals surface area (Å²) in [6.45, 7) is 1.93. The van der Waals surface area contributed by atoms with Gasteiger partial charge in [0.1, 0.15) is 11.5 Å². The normalized spacial score (nSPS) is 10.1. The first-order valence-corrected chi connectivity index (χ1v) is 6.52. The fourth-order valence-corrected chi connectivity index (χ4v) is 2.28. The molecule has 0 bridgehead atoms. The maximum atomic E-state index is 11.8. The van der Waals surface area contributed by atoms with E-state index in [1.807, 2.05) is 25.1 Å². The van der Waals surface area contributed by atoms with Gasteiger partial charge in [0, 0.05) is 11.1 Å². The standard InChI is InChI=1S/C17H18O4/c1-11-15(19-2)10-7-13(17(11)21-4)12-5-8-14(18)16(20-3)9-6-12/h5-10H,1-4H3. The average Bonchev–Trinajstić information content (AvgIpc) is 2.68. The van der Waals surface area contributed by atoms with Crippen LogP contribution in [0.2, 0.25) is 0 Å². The van der Waals surface area contributed by atoms with Gasteiger partial charge in [-0.2, -0.15) is 0 Å². The summed E-state index contributed by atoms with van der Waals surface area (Å²) in [5, 5.41) is 0. The van der Waals surface area contributed by atoms with Gasteiger partial charge in [-0.3, -0.25) is 4.79 Å². The van der Waals surface area contributed by atoms with Crippen LogP contribution in [-0.4, -0.2) is 21.3 Å². The molecular formula is C17H18O4. The minimum Gasteiger partial charge on any atom is -0.496 e. The van der Waals surface area contributed by atoms with Crippen molar-refractivity contribution in [2.45, 2.75) is 6.92 Å². The first-order chi connectivity index (χ1) is 10.1. The maximum Gasteiger partial charge on any atom is 0.220 e. The first-order valence-electron chi connectivity index (χ1n) is 6.52. The molecule has 0 radical (unpaired) electrons. The van der Waals surface area contributed by atoms with Gasteiger partial charge in [-0.05, 0) is 36.8 Å². The zero-order chi connectivity index (χ0) is 15.4. The molecule has 0 aliphatic heterocycles. The van der Waals surface area contributed by atoms with Crippen LogP contribution in [0.3, 0.4) is 0 Å². The van der Waals surface area contributed by atoms with Crippen molar-refractivity contribution in [3.8, 4) is 28.4 Å². The molecule has 0 fully saturated rings. The van der Waals surface area contributed by atoms with Crippen molar-refractivity contribution in [1.82, 2.24) is 0 Å². The summed E-state index contributed by atoms with van der Waals surface area (Å²) in [6, 6.07) is 10.6. The third kappa shape index (κ3) is 2.84. The highest BCUT2D eigenvalue weighted by molar-refractivity contribution is 5.73. The predicted octanol–water partition coefficient (Wildman–Crippen LogP) is 3.05. The largest absolute Gasteiger partial charge is 0.496 e. The number of ether oxygens (including phenoxy) is 3. The molecule has 0 aliphatic carbocycles. The van der Waals surface area contributed by atoms with Gasteiger partial charge in [-0.1, -0.05) is 12.1 Å². The van der Waals surface area contributed by atoms with E-state index >= 15 is 0 Å². The van der Waals surface area contributed by atoms with E-state index in [0.29, 0.717) is 5.75 Å². The monoisotopic (exact) mass is 286 g/mol. The smallest absolute Gasteiger partial charge is 0.220 e. The fourth-order valence-electron chi connectivity index (χ4n) is 2.28. The Morgan fingerprint density at radius 1 is 0.762 bits per heavy atom. The highest BCUT2D eigenvalue weighted by Gasteiger charge is 2.12. The van der Waals surface area contributed by atoms with Crippen molar-refractivity contribution in [1.29, 1.82) is 0 Å². The topological polar surface area (TPSA) is 44.8 Å². The molecule has 2 aromatic rings. The number of benzene rings is 1. The van der Waals surface area contributed by atoms with E-state index in [1.165, 1.54) is 13.2 Å². The predicted molar refractivity (Wildman–Crippen MR) is 82.5 cm³/mol. The van der Waals surface area contributed by atoms with E-state index in [0.717, 1.165) is 28.2 Å². The van der Waals surface area contributed by atoms with Gasteiger partial charge in [-0.25, -0.2) is 0 Å². The maximum absolute atomic E-state index is 11.8. The van der Waals surface area contributed by atoms with Crippen molar-refractivity contribution in [3.63, 3.8) is 0 Å². The Balaban J connectivity index is 2.65. The van der Waals surface area contributed by atoms with Gasteiger partial charge in [0.25, 0.3) is 0 Å². The molecule has 0 aliphatic rings. The van der Waals surface area contributed by atoms with Crippen molar-refractivity contribution in [3.05, 3.63) is 52.2 Å². The van der Waals surface area contributed by atoms with Crippen molar-refractivity contribution < 1.29 is 14.2 Å². The summed E-state index contributed by atoms with van der Waals surface area (Å²) in [5.41, 5.74) is 2.53. The van der Waals surface area contributed by atoms with Gasteiger partial charge in [0.05, 0.1) is 21.3 Å². The molecule has 0 amide bonds. The van der Waals surface area contributed by atoms with Crippen molar-refractivity contribution in [2.75, 3.05) is 21.3 Å². The van der Waals surface area contributed by atoms with E-state index in [4.69, 9.17) is 14.2 Å². The minimum absolute atomic E-state index is 0.159. The van der Waals surface area contributed by atoms with E-state index in [1.54, 1.807) is 26.4 Å². The quantitative estimate of drug-likeness (QED) is 0.866. The Morgan fingerprint density at radius 3 is 2.00 bits per heavy atom. The van der Waals surface area contributed by atoms with E-state index in [-0.39, 0.29) is 5.43 Å². The summed E-state index contributed by atoms with van der Waals surface area (Å²) in [6.07, 6.45) is 0. The van der Waals surface area contributed by atoms with E-state index in [2.05, 4.69) is 0 Å². The molecule has 4 heteroatoms. The molecule has 0 saturated carbocycles. The lowest BCUT2D eigenvalue weighted by molar-refractivity contribution is 0.390. The molecule has 0 N–H and O–H groups in total. The first kappa shape index (κ1) is 14.9. The Hall–Kier alpha value is -2.49. The van der Waals surface area contributed by atoms with Crippen LogP contribution in [0.25, 0.3) is 11.1 Å². The van der Waals surface area contributed by atoms with Crippen LogP contribution in [0, 0.1) is 6.92 Å². The average molecular weight is 286 g/mol. The van der Waals surface area contributed by atoms with Crippen LogP contribution in [0.5, 0.6) is 17.2 Å². The summed E-state index contributed by atoms with van der Waals surface area (Å²) >= 11 is 0. The van der Waals surface area contributed by atoms with Gasteiger partial charge in [0.2, 0.25) is 5.43 Å². The van der Waals surface area contributed by atoms with Crippen molar-refractivity contribution >= 4 is 0 Å². The second kappa shape index (κ2) is 6.31. The Bertz CT molecular complexity index is 708. The molecule has 4 nitrogen and oxygen atoms in total. The fraction of sp³-hybridized carbons (Fsp3) is 0.235. The Labute approximate surface area is 123 Å². The minimum atomic E-state index is -0.159. The molecular weight excluding hydrogens is 268 g/mol. The molecule has 110 valence electrons. The van der Waals surface area contributed by atoms with Crippen LogP contribution < -0.4 is 19.6 Å². The Morgan fingerprint density at radius 2 is 1.38 bits per heavy atom. The van der Waals surface area contributed by atoms with Gasteiger partial charge < -0.3 is 14.2 Å². The molecule has 0 heterocycles. The molecule has 0 aromatic heterocycles. The molecule has 21 heavy (non-hydrogen) atoms. The number of hydrogen-bond acceptors (Lipinski definition) is 4. The van der Waals surface area contributed by atoms with Gasteiger partial charge in [-0.15, -0.1) is 0 Å². The van der Waals surface area contributed by atoms with Gasteiger partial charge >= 0.3 is 0 Å². The molecule has 2 rings (SSSR count). The zero-order valence-corrected chi connectivity index (χ0v) is 12.6. The summed E-state index contributed by atoms with van der Waals surface area (Å²) in [4.78, 5) is 11.8. The molecule has 0 spiro atoms. The molecule has 2 aromatic carbocycles. The third-order valence-electron chi connectivity index (χ3n) is 3.38. The SMILES string of the molecule is COc1ccc(-c2ccc(OC)c(=O)cc2)c(OC)c1C. The summed E-state index contributed by atoms with van der Waals surface area (Å²) < 4.78 is 15.9. The third-order valence-corrected chi connectivity index (χ3v) is 3.38. The zero-order valence-electron chi connectivity index (χ0n) is 12.6. The van der Waals surface area contributed by atoms with Crippen LogP contribution in [0.4, 0.5) is 0 Å². The van der Waals surface area contributed by atoms with E-state index in [9.17, 15) is 4.79 Å². The summed E-state index contributed by atoms with van der Waals surface area (Å²) in [5.74, 6) is 1.80.